The molecule has 1 N–H and O–H groups in total. The van der Waals surface area contributed by atoms with Gasteiger partial charge in [0, 0.05) is 55.5 Å². The number of nitrogens with one attached hydrogen (secondary N) is 1. The summed E-state index contributed by atoms with van der Waals surface area (Å²) in [7, 11) is -1.87. The number of benzene rings is 2. The molecule has 200 valence electrons. The van der Waals surface area contributed by atoms with E-state index in [1.165, 1.54) is 10.4 Å². The van der Waals surface area contributed by atoms with E-state index in [1.54, 1.807) is 43.3 Å². The second-order valence-electron chi connectivity index (χ2n) is 9.39. The number of amides is 2. The van der Waals surface area contributed by atoms with Gasteiger partial charge in [0.25, 0.3) is 5.91 Å². The Hall–Kier alpha value is -2.66. The molecule has 2 heterocycles. The van der Waals surface area contributed by atoms with Crippen molar-refractivity contribution in [2.24, 2.45) is 5.92 Å². The van der Waals surface area contributed by atoms with Gasteiger partial charge >= 0.3 is 0 Å². The lowest BCUT2D eigenvalue weighted by molar-refractivity contribution is -0.120. The Bertz CT molecular complexity index is 1230. The minimum absolute atomic E-state index is 0.00325. The molecule has 2 saturated heterocycles. The summed E-state index contributed by atoms with van der Waals surface area (Å²) in [4.78, 5) is 29.8. The summed E-state index contributed by atoms with van der Waals surface area (Å²) in [5.41, 5.74) is 1.14. The molecule has 2 aromatic carbocycles. The molecule has 0 unspecified atom stereocenters. The molecule has 0 radical (unpaired) electrons. The minimum atomic E-state index is -3.91. The number of hydrogen-bond donors (Lipinski definition) is 1. The van der Waals surface area contributed by atoms with E-state index in [-0.39, 0.29) is 29.0 Å². The van der Waals surface area contributed by atoms with Crippen LogP contribution in [0.5, 0.6) is 5.75 Å². The molecule has 2 aromatic rings. The van der Waals surface area contributed by atoms with Crippen LogP contribution in [0.2, 0.25) is 5.02 Å². The van der Waals surface area contributed by atoms with Crippen molar-refractivity contribution >= 4 is 39.1 Å². The van der Waals surface area contributed by atoms with E-state index in [1.807, 2.05) is 11.9 Å². The Morgan fingerprint density at radius 2 is 1.76 bits per heavy atom. The second kappa shape index (κ2) is 11.8. The monoisotopic (exact) mass is 548 g/mol. The molecule has 11 heteroatoms. The van der Waals surface area contributed by atoms with Crippen molar-refractivity contribution in [2.45, 2.75) is 24.7 Å². The number of carbonyl (C=O) groups excluding carboxylic acids is 2. The van der Waals surface area contributed by atoms with Gasteiger partial charge in [-0.15, -0.1) is 0 Å². The van der Waals surface area contributed by atoms with E-state index in [2.05, 4.69) is 10.2 Å². The van der Waals surface area contributed by atoms with Gasteiger partial charge < -0.3 is 19.9 Å². The number of piperazine rings is 1. The van der Waals surface area contributed by atoms with E-state index < -0.39 is 15.9 Å². The SMILES string of the molecule is CCOc1ccc(Cl)cc1S(=O)(=O)N1CCC[C@H](C(=O)Nc2ccc(C(=O)N3CCN(C)CC3)cc2)C1. The number of carbonyl (C=O) groups is 2. The van der Waals surface area contributed by atoms with Gasteiger partial charge in [-0.3, -0.25) is 9.59 Å². The van der Waals surface area contributed by atoms with Crippen LogP contribution in [0.4, 0.5) is 5.69 Å². The molecule has 2 aliphatic heterocycles. The van der Waals surface area contributed by atoms with Crippen LogP contribution in [0.3, 0.4) is 0 Å². The summed E-state index contributed by atoms with van der Waals surface area (Å²) < 4.78 is 33.7. The first-order valence-corrected chi connectivity index (χ1v) is 14.3. The highest BCUT2D eigenvalue weighted by molar-refractivity contribution is 7.89. The molecule has 2 aliphatic rings. The molecular formula is C26H33ClN4O5S. The van der Waals surface area contributed by atoms with E-state index in [0.29, 0.717) is 55.4 Å². The zero-order chi connectivity index (χ0) is 26.6. The Morgan fingerprint density at radius 1 is 1.05 bits per heavy atom. The van der Waals surface area contributed by atoms with Crippen molar-refractivity contribution in [1.82, 2.24) is 14.1 Å². The first kappa shape index (κ1) is 27.4. The predicted octanol–water partition coefficient (Wildman–Crippen LogP) is 3.17. The minimum Gasteiger partial charge on any atom is -0.492 e. The lowest BCUT2D eigenvalue weighted by atomic mass is 9.98. The average Bonchev–Trinajstić information content (AvgIpc) is 2.90. The number of nitrogens with zero attached hydrogens (tertiary/aromatic N) is 3. The fourth-order valence-electron chi connectivity index (χ4n) is 4.60. The number of sulfonamides is 1. The number of halogens is 1. The molecule has 2 fully saturated rings. The molecule has 2 amide bonds. The van der Waals surface area contributed by atoms with E-state index in [0.717, 1.165) is 13.1 Å². The van der Waals surface area contributed by atoms with Gasteiger partial charge in [0.05, 0.1) is 12.5 Å². The number of ether oxygens (including phenoxy) is 1. The third-order valence-electron chi connectivity index (χ3n) is 6.77. The predicted molar refractivity (Wildman–Crippen MR) is 143 cm³/mol. The van der Waals surface area contributed by atoms with Crippen molar-refractivity contribution in [3.63, 3.8) is 0 Å². The average molecular weight is 549 g/mol. The molecule has 1 atom stereocenters. The summed E-state index contributed by atoms with van der Waals surface area (Å²) in [6, 6.07) is 11.4. The zero-order valence-electron chi connectivity index (χ0n) is 21.2. The van der Waals surface area contributed by atoms with Gasteiger partial charge in [-0.05, 0) is 69.3 Å². The summed E-state index contributed by atoms with van der Waals surface area (Å²) >= 11 is 6.08. The molecule has 9 nitrogen and oxygen atoms in total. The number of hydrogen-bond acceptors (Lipinski definition) is 6. The van der Waals surface area contributed by atoms with Crippen LogP contribution in [0.25, 0.3) is 0 Å². The molecule has 4 rings (SSSR count). The van der Waals surface area contributed by atoms with Gasteiger partial charge in [-0.2, -0.15) is 4.31 Å². The van der Waals surface area contributed by atoms with Crippen molar-refractivity contribution in [1.29, 1.82) is 0 Å². The van der Waals surface area contributed by atoms with Crippen LogP contribution in [0.15, 0.2) is 47.4 Å². The molecule has 37 heavy (non-hydrogen) atoms. The molecular weight excluding hydrogens is 516 g/mol. The van der Waals surface area contributed by atoms with Crippen molar-refractivity contribution < 1.29 is 22.7 Å². The zero-order valence-corrected chi connectivity index (χ0v) is 22.7. The number of rotatable bonds is 7. The maximum absolute atomic E-state index is 13.4. The molecule has 0 saturated carbocycles. The van der Waals surface area contributed by atoms with Crippen LogP contribution in [0, 0.1) is 5.92 Å². The summed E-state index contributed by atoms with van der Waals surface area (Å²) in [5, 5.41) is 3.17. The largest absolute Gasteiger partial charge is 0.492 e. The van der Waals surface area contributed by atoms with Crippen molar-refractivity contribution in [2.75, 3.05) is 58.2 Å². The smallest absolute Gasteiger partial charge is 0.253 e. The van der Waals surface area contributed by atoms with Gasteiger partial charge in [0.2, 0.25) is 15.9 Å². The van der Waals surface area contributed by atoms with Gasteiger partial charge in [-0.1, -0.05) is 11.6 Å². The number of piperidine rings is 1. The lowest BCUT2D eigenvalue weighted by Gasteiger charge is -2.32. The van der Waals surface area contributed by atoms with Crippen LogP contribution in [-0.2, 0) is 14.8 Å². The van der Waals surface area contributed by atoms with Crippen LogP contribution < -0.4 is 10.1 Å². The molecule has 0 bridgehead atoms. The number of likely N-dealkylation sites (N-methyl/N-ethyl adjacent to an activating group) is 1. The fourth-order valence-corrected chi connectivity index (χ4v) is 6.52. The Kier molecular flexibility index (Phi) is 8.74. The summed E-state index contributed by atoms with van der Waals surface area (Å²) in [5.74, 6) is -0.546. The van der Waals surface area contributed by atoms with Gasteiger partial charge in [0.15, 0.2) is 0 Å². The first-order valence-electron chi connectivity index (χ1n) is 12.5. The van der Waals surface area contributed by atoms with Crippen molar-refractivity contribution in [3.05, 3.63) is 53.1 Å². The Labute approximate surface area is 223 Å². The Balaban J connectivity index is 1.40. The quantitative estimate of drug-likeness (QED) is 0.570. The van der Waals surface area contributed by atoms with E-state index in [9.17, 15) is 18.0 Å². The molecule has 0 spiro atoms. The Morgan fingerprint density at radius 3 is 2.43 bits per heavy atom. The van der Waals surface area contributed by atoms with Crippen LogP contribution in [0.1, 0.15) is 30.1 Å². The number of anilines is 1. The maximum atomic E-state index is 13.4. The third kappa shape index (κ3) is 6.43. The third-order valence-corrected chi connectivity index (χ3v) is 8.89. The van der Waals surface area contributed by atoms with Crippen LogP contribution >= 0.6 is 11.6 Å². The topological polar surface area (TPSA) is 99.3 Å². The standard InChI is InChI=1S/C26H33ClN4O5S/c1-3-36-23-11-8-21(27)17-24(23)37(34,35)31-12-4-5-20(18-31)25(32)28-22-9-6-19(7-10-22)26(33)30-15-13-29(2)14-16-30/h6-11,17,20H,3-5,12-16,18H2,1-2H3,(H,28,32)/t20-/m0/s1. The van der Waals surface area contributed by atoms with E-state index in [4.69, 9.17) is 16.3 Å². The highest BCUT2D eigenvalue weighted by Crippen LogP contribution is 2.32. The maximum Gasteiger partial charge on any atom is 0.253 e. The highest BCUT2D eigenvalue weighted by atomic mass is 35.5. The highest BCUT2D eigenvalue weighted by Gasteiger charge is 2.35. The second-order valence-corrected chi connectivity index (χ2v) is 11.7. The summed E-state index contributed by atoms with van der Waals surface area (Å²) in [6.07, 6.45) is 1.13. The fraction of sp³-hybridized carbons (Fsp3) is 0.462. The first-order chi connectivity index (χ1) is 17.7. The van der Waals surface area contributed by atoms with Crippen LogP contribution in [-0.4, -0.2) is 87.3 Å². The van der Waals surface area contributed by atoms with Gasteiger partial charge in [-0.25, -0.2) is 8.42 Å². The van der Waals surface area contributed by atoms with E-state index >= 15 is 0 Å². The summed E-state index contributed by atoms with van der Waals surface area (Å²) in [6.45, 7) is 5.54. The molecule has 0 aliphatic carbocycles. The lowest BCUT2D eigenvalue weighted by Crippen LogP contribution is -2.47. The van der Waals surface area contributed by atoms with Gasteiger partial charge in [0.1, 0.15) is 10.6 Å². The molecule has 0 aromatic heterocycles. The normalized spacial score (nSPS) is 19.4. The van der Waals surface area contributed by atoms with Crippen molar-refractivity contribution in [3.8, 4) is 5.75 Å².